The molecule has 1 amide bonds. The molecule has 1 aliphatic rings. The minimum Gasteiger partial charge on any atom is -0.445 e. The number of nitrogens with zero attached hydrogens (tertiary/aromatic N) is 2. The number of benzene rings is 3. The third kappa shape index (κ3) is 4.47. The van der Waals surface area contributed by atoms with Crippen molar-refractivity contribution in [2.24, 2.45) is 0 Å². The third-order valence-electron chi connectivity index (χ3n) is 5.28. The molecule has 30 heavy (non-hydrogen) atoms. The van der Waals surface area contributed by atoms with Gasteiger partial charge in [0.25, 0.3) is 0 Å². The smallest absolute Gasteiger partial charge is 0.410 e. The lowest BCUT2D eigenvalue weighted by atomic mass is 10.1. The molecule has 7 heteroatoms. The lowest BCUT2D eigenvalue weighted by molar-refractivity contribution is 0.0980. The lowest BCUT2D eigenvalue weighted by Crippen LogP contribution is -2.37. The van der Waals surface area contributed by atoms with E-state index in [1.165, 1.54) is 4.31 Å². The molecule has 0 saturated carbocycles. The number of fused-ring (bicyclic) bond motifs is 1. The Hall–Kier alpha value is -2.90. The number of carbonyl (C=O) groups is 1. The van der Waals surface area contributed by atoms with Gasteiger partial charge in [0.05, 0.1) is 4.90 Å². The van der Waals surface area contributed by atoms with Crippen LogP contribution in [0.15, 0.2) is 77.7 Å². The summed E-state index contributed by atoms with van der Waals surface area (Å²) in [6.45, 7) is 1.60. The molecule has 3 aromatic carbocycles. The highest BCUT2D eigenvalue weighted by atomic mass is 32.2. The molecule has 0 spiro atoms. The van der Waals surface area contributed by atoms with Gasteiger partial charge < -0.3 is 9.64 Å². The Balaban J connectivity index is 1.41. The van der Waals surface area contributed by atoms with E-state index in [-0.39, 0.29) is 18.0 Å². The maximum atomic E-state index is 13.2. The largest absolute Gasteiger partial charge is 0.445 e. The molecule has 0 atom stereocenters. The summed E-state index contributed by atoms with van der Waals surface area (Å²) in [5.74, 6) is 0. The highest BCUT2D eigenvalue weighted by molar-refractivity contribution is 7.89. The zero-order chi connectivity index (χ0) is 21.0. The normalized spacial score (nSPS) is 15.7. The Labute approximate surface area is 176 Å². The van der Waals surface area contributed by atoms with Crippen LogP contribution in [0.5, 0.6) is 0 Å². The van der Waals surface area contributed by atoms with Crippen molar-refractivity contribution >= 4 is 26.9 Å². The molecule has 0 N–H and O–H groups in total. The number of sulfonamides is 1. The Kier molecular flexibility index (Phi) is 6.01. The summed E-state index contributed by atoms with van der Waals surface area (Å²) in [4.78, 5) is 14.3. The van der Waals surface area contributed by atoms with Crippen molar-refractivity contribution in [1.82, 2.24) is 9.21 Å². The number of carbonyl (C=O) groups excluding carboxylic acids is 1. The van der Waals surface area contributed by atoms with Gasteiger partial charge in [-0.05, 0) is 34.9 Å². The van der Waals surface area contributed by atoms with E-state index < -0.39 is 16.1 Å². The van der Waals surface area contributed by atoms with Gasteiger partial charge in [0, 0.05) is 26.2 Å². The fourth-order valence-electron chi connectivity index (χ4n) is 3.60. The summed E-state index contributed by atoms with van der Waals surface area (Å²) in [6.07, 6.45) is 0.150. The Morgan fingerprint density at radius 3 is 2.37 bits per heavy atom. The van der Waals surface area contributed by atoms with Crippen molar-refractivity contribution in [3.05, 3.63) is 78.4 Å². The zero-order valence-electron chi connectivity index (χ0n) is 16.6. The summed E-state index contributed by atoms with van der Waals surface area (Å²) in [5.41, 5.74) is 0.918. The van der Waals surface area contributed by atoms with Crippen molar-refractivity contribution in [2.75, 3.05) is 26.2 Å². The number of ether oxygens (including phenoxy) is 1. The summed E-state index contributed by atoms with van der Waals surface area (Å²) in [6, 6.07) is 22.3. The van der Waals surface area contributed by atoms with E-state index in [0.717, 1.165) is 16.3 Å². The van der Waals surface area contributed by atoms with Crippen LogP contribution >= 0.6 is 0 Å². The number of hydrogen-bond acceptors (Lipinski definition) is 4. The van der Waals surface area contributed by atoms with Gasteiger partial charge in [0.1, 0.15) is 6.61 Å². The molecule has 0 aliphatic carbocycles. The molecule has 3 aromatic rings. The van der Waals surface area contributed by atoms with Gasteiger partial charge in [0.15, 0.2) is 0 Å². The molecule has 1 fully saturated rings. The van der Waals surface area contributed by atoms with Crippen LogP contribution in [0.2, 0.25) is 0 Å². The lowest BCUT2D eigenvalue weighted by Gasteiger charge is -2.22. The number of amides is 1. The van der Waals surface area contributed by atoms with E-state index in [0.29, 0.717) is 26.1 Å². The molecule has 0 bridgehead atoms. The highest BCUT2D eigenvalue weighted by Crippen LogP contribution is 2.23. The molecule has 1 heterocycles. The Bertz CT molecular complexity index is 1130. The minimum absolute atomic E-state index is 0.204. The first-order chi connectivity index (χ1) is 14.5. The molecular weight excluding hydrogens is 400 g/mol. The maximum absolute atomic E-state index is 13.2. The van der Waals surface area contributed by atoms with Gasteiger partial charge in [-0.25, -0.2) is 13.2 Å². The van der Waals surface area contributed by atoms with Gasteiger partial charge in [-0.15, -0.1) is 0 Å². The molecule has 4 rings (SSSR count). The molecule has 0 unspecified atom stereocenters. The van der Waals surface area contributed by atoms with Gasteiger partial charge in [0.2, 0.25) is 10.0 Å². The summed E-state index contributed by atoms with van der Waals surface area (Å²) >= 11 is 0. The first-order valence-electron chi connectivity index (χ1n) is 9.99. The first kappa shape index (κ1) is 20.4. The summed E-state index contributed by atoms with van der Waals surface area (Å²) in [7, 11) is -3.63. The van der Waals surface area contributed by atoms with Crippen LogP contribution in [0.1, 0.15) is 12.0 Å². The van der Waals surface area contributed by atoms with E-state index in [1.807, 2.05) is 60.7 Å². The van der Waals surface area contributed by atoms with Gasteiger partial charge in [-0.1, -0.05) is 60.7 Å². The maximum Gasteiger partial charge on any atom is 0.410 e. The molecule has 1 saturated heterocycles. The van der Waals surface area contributed by atoms with Crippen molar-refractivity contribution in [3.63, 3.8) is 0 Å². The minimum atomic E-state index is -3.63. The topological polar surface area (TPSA) is 66.9 Å². The molecule has 0 radical (unpaired) electrons. The van der Waals surface area contributed by atoms with Gasteiger partial charge >= 0.3 is 6.09 Å². The molecule has 156 valence electrons. The Morgan fingerprint density at radius 2 is 1.57 bits per heavy atom. The van der Waals surface area contributed by atoms with E-state index >= 15 is 0 Å². The van der Waals surface area contributed by atoms with Gasteiger partial charge in [-0.2, -0.15) is 4.31 Å². The third-order valence-corrected chi connectivity index (χ3v) is 7.17. The van der Waals surface area contributed by atoms with Crippen molar-refractivity contribution in [1.29, 1.82) is 0 Å². The van der Waals surface area contributed by atoms with Crippen molar-refractivity contribution < 1.29 is 17.9 Å². The molecular formula is C23H24N2O4S. The summed E-state index contributed by atoms with van der Waals surface area (Å²) in [5, 5.41) is 1.89. The fourth-order valence-corrected chi connectivity index (χ4v) is 5.11. The van der Waals surface area contributed by atoms with Crippen LogP contribution in [-0.2, 0) is 21.4 Å². The van der Waals surface area contributed by atoms with Crippen LogP contribution in [0.25, 0.3) is 10.8 Å². The van der Waals surface area contributed by atoms with Gasteiger partial charge in [-0.3, -0.25) is 0 Å². The second-order valence-electron chi connectivity index (χ2n) is 7.29. The standard InChI is InChI=1S/C23H24N2O4S/c26-23(29-18-19-7-2-1-3-8-19)24-13-6-14-25(16-15-24)30(27,28)22-12-11-20-9-4-5-10-21(20)17-22/h1-5,7-12,17H,6,13-16,18H2. The van der Waals surface area contributed by atoms with Crippen LogP contribution < -0.4 is 0 Å². The van der Waals surface area contributed by atoms with Crippen LogP contribution in [0, 0.1) is 0 Å². The van der Waals surface area contributed by atoms with E-state index in [9.17, 15) is 13.2 Å². The van der Waals surface area contributed by atoms with Crippen molar-refractivity contribution in [3.8, 4) is 0 Å². The van der Waals surface area contributed by atoms with E-state index in [4.69, 9.17) is 4.74 Å². The fraction of sp³-hybridized carbons (Fsp3) is 0.261. The zero-order valence-corrected chi connectivity index (χ0v) is 17.4. The number of hydrogen-bond donors (Lipinski definition) is 0. The second kappa shape index (κ2) is 8.85. The average molecular weight is 425 g/mol. The second-order valence-corrected chi connectivity index (χ2v) is 9.23. The summed E-state index contributed by atoms with van der Waals surface area (Å²) < 4.78 is 33.2. The molecule has 1 aliphatic heterocycles. The highest BCUT2D eigenvalue weighted by Gasteiger charge is 2.28. The monoisotopic (exact) mass is 424 g/mol. The van der Waals surface area contributed by atoms with E-state index in [2.05, 4.69) is 0 Å². The van der Waals surface area contributed by atoms with Crippen LogP contribution in [0.3, 0.4) is 0 Å². The first-order valence-corrected chi connectivity index (χ1v) is 11.4. The predicted molar refractivity (Wildman–Crippen MR) is 116 cm³/mol. The van der Waals surface area contributed by atoms with Crippen molar-refractivity contribution in [2.45, 2.75) is 17.9 Å². The van der Waals surface area contributed by atoms with Crippen LogP contribution in [-0.4, -0.2) is 49.9 Å². The van der Waals surface area contributed by atoms with E-state index in [1.54, 1.807) is 17.0 Å². The SMILES string of the molecule is O=C(OCc1ccccc1)N1CCCN(S(=O)(=O)c2ccc3ccccc3c2)CC1. The predicted octanol–water partition coefficient (Wildman–Crippen LogP) is 3.87. The molecule has 6 nitrogen and oxygen atoms in total. The Morgan fingerprint density at radius 1 is 0.833 bits per heavy atom. The van der Waals surface area contributed by atoms with Crippen LogP contribution in [0.4, 0.5) is 4.79 Å². The quantitative estimate of drug-likeness (QED) is 0.638. The molecule has 0 aromatic heterocycles. The number of rotatable bonds is 4. The average Bonchev–Trinajstić information content (AvgIpc) is 3.05.